The number of aryl methyl sites for hydroxylation is 2. The van der Waals surface area contributed by atoms with E-state index >= 15 is 0 Å². The number of benzene rings is 1. The summed E-state index contributed by atoms with van der Waals surface area (Å²) < 4.78 is 12.0. The molecule has 1 saturated carbocycles. The van der Waals surface area contributed by atoms with Crippen molar-refractivity contribution in [2.45, 2.75) is 58.1 Å². The van der Waals surface area contributed by atoms with Gasteiger partial charge in [0.15, 0.2) is 0 Å². The Bertz CT molecular complexity index is 792. The first-order valence-corrected chi connectivity index (χ1v) is 9.88. The number of hydrogen-bond donors (Lipinski definition) is 0. The Kier molecular flexibility index (Phi) is 6.85. The third-order valence-corrected chi connectivity index (χ3v) is 5.48. The van der Waals surface area contributed by atoms with E-state index in [0.717, 1.165) is 36.9 Å². The van der Waals surface area contributed by atoms with E-state index in [9.17, 15) is 9.59 Å². The molecule has 0 radical (unpaired) electrons. The minimum Gasteiger partial charge on any atom is -0.469 e. The van der Waals surface area contributed by atoms with Crippen molar-refractivity contribution in [1.82, 2.24) is 9.78 Å². The molecule has 150 valence electrons. The van der Waals surface area contributed by atoms with Crippen molar-refractivity contribution < 1.29 is 19.1 Å². The number of esters is 2. The topological polar surface area (TPSA) is 70.4 Å². The first-order chi connectivity index (χ1) is 13.6. The van der Waals surface area contributed by atoms with Crippen LogP contribution in [0.3, 0.4) is 0 Å². The lowest BCUT2D eigenvalue weighted by Gasteiger charge is -2.27. The van der Waals surface area contributed by atoms with Gasteiger partial charge >= 0.3 is 11.9 Å². The summed E-state index contributed by atoms with van der Waals surface area (Å²) in [5.74, 6) is 0.0664. The lowest BCUT2D eigenvalue weighted by atomic mass is 9.79. The van der Waals surface area contributed by atoms with Gasteiger partial charge in [0.1, 0.15) is 6.61 Å². The van der Waals surface area contributed by atoms with Crippen LogP contribution < -0.4 is 0 Å². The highest BCUT2D eigenvalue weighted by atomic mass is 16.5. The summed E-state index contributed by atoms with van der Waals surface area (Å²) in [6.07, 6.45) is 5.94. The van der Waals surface area contributed by atoms with Crippen LogP contribution in [0.15, 0.2) is 36.5 Å². The van der Waals surface area contributed by atoms with Gasteiger partial charge in [-0.3, -0.25) is 14.3 Å². The van der Waals surface area contributed by atoms with Gasteiger partial charge in [0.25, 0.3) is 0 Å². The van der Waals surface area contributed by atoms with Crippen LogP contribution in [0.5, 0.6) is 0 Å². The molecule has 0 amide bonds. The first-order valence-electron chi connectivity index (χ1n) is 9.88. The molecule has 1 fully saturated rings. The summed E-state index contributed by atoms with van der Waals surface area (Å²) in [5.41, 5.74) is 3.24. The summed E-state index contributed by atoms with van der Waals surface area (Å²) in [5, 5.41) is 4.53. The average Bonchev–Trinajstić information content (AvgIpc) is 3.11. The molecule has 0 spiro atoms. The normalized spacial score (nSPS) is 19.2. The van der Waals surface area contributed by atoms with Gasteiger partial charge in [0.05, 0.1) is 31.7 Å². The van der Waals surface area contributed by atoms with Crippen molar-refractivity contribution >= 4 is 11.9 Å². The summed E-state index contributed by atoms with van der Waals surface area (Å²) >= 11 is 0. The molecular formula is C22H28N2O4. The maximum atomic E-state index is 12.4. The molecule has 0 atom stereocenters. The summed E-state index contributed by atoms with van der Waals surface area (Å²) in [7, 11) is 1.39. The number of ether oxygens (including phenoxy) is 2. The van der Waals surface area contributed by atoms with Gasteiger partial charge in [0.2, 0.25) is 0 Å². The van der Waals surface area contributed by atoms with Gasteiger partial charge in [-0.15, -0.1) is 0 Å². The highest BCUT2D eigenvalue weighted by Gasteiger charge is 2.29. The van der Waals surface area contributed by atoms with Crippen molar-refractivity contribution in [2.24, 2.45) is 5.92 Å². The third kappa shape index (κ3) is 5.21. The fourth-order valence-electron chi connectivity index (χ4n) is 3.84. The Morgan fingerprint density at radius 1 is 1.14 bits per heavy atom. The second-order valence-corrected chi connectivity index (χ2v) is 7.40. The molecule has 1 aliphatic carbocycles. The van der Waals surface area contributed by atoms with Gasteiger partial charge in [0, 0.05) is 6.20 Å². The molecule has 0 bridgehead atoms. The quantitative estimate of drug-likeness (QED) is 0.680. The summed E-state index contributed by atoms with van der Waals surface area (Å²) in [4.78, 5) is 23.7. The van der Waals surface area contributed by atoms with Gasteiger partial charge in [-0.2, -0.15) is 5.10 Å². The van der Waals surface area contributed by atoms with Gasteiger partial charge in [-0.25, -0.2) is 0 Å². The van der Waals surface area contributed by atoms with Crippen molar-refractivity contribution in [3.05, 3.63) is 53.3 Å². The molecule has 1 aromatic heterocycles. The second kappa shape index (κ2) is 9.53. The number of carbonyl (C=O) groups is 2. The monoisotopic (exact) mass is 384 g/mol. The SMILES string of the molecule is COC(=O)CCn1cc([C@H]2CC[C@H](C(=O)OCc3ccccc3)CC2)c(C)n1. The molecule has 0 saturated heterocycles. The molecule has 0 unspecified atom stereocenters. The zero-order valence-electron chi connectivity index (χ0n) is 16.6. The first kappa shape index (κ1) is 20.1. The zero-order chi connectivity index (χ0) is 19.9. The molecule has 0 N–H and O–H groups in total. The number of rotatable bonds is 7. The van der Waals surface area contributed by atoms with E-state index < -0.39 is 0 Å². The van der Waals surface area contributed by atoms with Crippen LogP contribution in [0.25, 0.3) is 0 Å². The van der Waals surface area contributed by atoms with Crippen LogP contribution in [-0.4, -0.2) is 28.8 Å². The number of carbonyl (C=O) groups excluding carboxylic acids is 2. The van der Waals surface area contributed by atoms with Crippen molar-refractivity contribution in [3.63, 3.8) is 0 Å². The lowest BCUT2D eigenvalue weighted by molar-refractivity contribution is -0.151. The predicted octanol–water partition coefficient (Wildman–Crippen LogP) is 3.77. The fraction of sp³-hybridized carbons (Fsp3) is 0.500. The van der Waals surface area contributed by atoms with Gasteiger partial charge in [-0.05, 0) is 49.7 Å². The molecule has 2 aromatic rings. The Morgan fingerprint density at radius 3 is 2.54 bits per heavy atom. The van der Waals surface area contributed by atoms with E-state index in [1.54, 1.807) is 0 Å². The lowest BCUT2D eigenvalue weighted by Crippen LogP contribution is -2.23. The van der Waals surface area contributed by atoms with Crippen molar-refractivity contribution in [1.29, 1.82) is 0 Å². The average molecular weight is 384 g/mol. The summed E-state index contributed by atoms with van der Waals surface area (Å²) in [6, 6.07) is 9.77. The van der Waals surface area contributed by atoms with E-state index in [1.807, 2.05) is 48.1 Å². The molecule has 3 rings (SSSR count). The molecule has 1 aliphatic rings. The minimum atomic E-state index is -0.232. The van der Waals surface area contributed by atoms with Gasteiger partial charge < -0.3 is 9.47 Å². The van der Waals surface area contributed by atoms with Gasteiger partial charge in [-0.1, -0.05) is 30.3 Å². The second-order valence-electron chi connectivity index (χ2n) is 7.40. The standard InChI is InChI=1S/C22H28N2O4/c1-16-20(14-24(23-16)13-12-21(25)27-2)18-8-10-19(11-9-18)22(26)28-15-17-6-4-3-5-7-17/h3-7,14,18-19H,8-13,15H2,1-2H3/t18-,19-. The number of nitrogens with zero attached hydrogens (tertiary/aromatic N) is 2. The number of hydrogen-bond acceptors (Lipinski definition) is 5. The highest BCUT2D eigenvalue weighted by Crippen LogP contribution is 2.37. The minimum absolute atomic E-state index is 0.0189. The molecule has 1 aromatic carbocycles. The fourth-order valence-corrected chi connectivity index (χ4v) is 3.84. The van der Waals surface area contributed by atoms with Crippen LogP contribution in [0.2, 0.25) is 0 Å². The van der Waals surface area contributed by atoms with Crippen LogP contribution in [0.1, 0.15) is 54.8 Å². The molecule has 0 aliphatic heterocycles. The number of methoxy groups -OCH3 is 1. The smallest absolute Gasteiger partial charge is 0.309 e. The van der Waals surface area contributed by atoms with E-state index in [0.29, 0.717) is 25.5 Å². The van der Waals surface area contributed by atoms with Crippen molar-refractivity contribution in [3.8, 4) is 0 Å². The van der Waals surface area contributed by atoms with E-state index in [-0.39, 0.29) is 17.9 Å². The van der Waals surface area contributed by atoms with E-state index in [1.165, 1.54) is 12.7 Å². The zero-order valence-corrected chi connectivity index (χ0v) is 16.6. The molecule has 6 nitrogen and oxygen atoms in total. The molecular weight excluding hydrogens is 356 g/mol. The van der Waals surface area contributed by atoms with E-state index in [2.05, 4.69) is 9.84 Å². The van der Waals surface area contributed by atoms with E-state index in [4.69, 9.17) is 4.74 Å². The largest absolute Gasteiger partial charge is 0.469 e. The van der Waals surface area contributed by atoms with Crippen molar-refractivity contribution in [2.75, 3.05) is 7.11 Å². The molecule has 6 heteroatoms. The Labute approximate surface area is 165 Å². The number of aromatic nitrogens is 2. The Balaban J connectivity index is 1.49. The highest BCUT2D eigenvalue weighted by molar-refractivity contribution is 5.72. The van der Waals surface area contributed by atoms with Crippen LogP contribution in [0.4, 0.5) is 0 Å². The maximum Gasteiger partial charge on any atom is 0.309 e. The Morgan fingerprint density at radius 2 is 1.86 bits per heavy atom. The third-order valence-electron chi connectivity index (χ3n) is 5.48. The Hall–Kier alpha value is -2.63. The van der Waals surface area contributed by atoms with Crippen LogP contribution >= 0.6 is 0 Å². The predicted molar refractivity (Wildman–Crippen MR) is 105 cm³/mol. The molecule has 1 heterocycles. The van der Waals surface area contributed by atoms with Crippen LogP contribution in [0, 0.1) is 12.8 Å². The maximum absolute atomic E-state index is 12.4. The molecule has 28 heavy (non-hydrogen) atoms. The van der Waals surface area contributed by atoms with Crippen LogP contribution in [-0.2, 0) is 32.2 Å². The summed E-state index contributed by atoms with van der Waals surface area (Å²) in [6.45, 7) is 2.87.